The Morgan fingerprint density at radius 3 is 2.34 bits per heavy atom. The summed E-state index contributed by atoms with van der Waals surface area (Å²) in [5.41, 5.74) is 1.41. The Morgan fingerprint density at radius 1 is 1.06 bits per heavy atom. The normalized spacial score (nSPS) is 26.9. The summed E-state index contributed by atoms with van der Waals surface area (Å²) in [7, 11) is 1.40. The quantitative estimate of drug-likeness (QED) is 0.674. The fourth-order valence-electron chi connectivity index (χ4n) is 5.51. The second kappa shape index (κ2) is 9.41. The van der Waals surface area contributed by atoms with Gasteiger partial charge in [-0.3, -0.25) is 4.68 Å². The maximum absolute atomic E-state index is 12.8. The molecule has 1 aromatic heterocycles. The largest absolute Gasteiger partial charge is 0.494 e. The molecule has 2 aromatic rings. The fraction of sp³-hybridized carbons (Fsp3) is 0.692. The summed E-state index contributed by atoms with van der Waals surface area (Å²) < 4.78 is 20.0. The van der Waals surface area contributed by atoms with Crippen LogP contribution in [-0.2, 0) is 14.0 Å². The van der Waals surface area contributed by atoms with Gasteiger partial charge < -0.3 is 24.3 Å². The highest BCUT2D eigenvalue weighted by atomic mass is 16.7. The number of rotatable bonds is 4. The molecule has 2 aliphatic heterocycles. The van der Waals surface area contributed by atoms with Crippen LogP contribution in [0.5, 0.6) is 0 Å². The van der Waals surface area contributed by atoms with Gasteiger partial charge in [-0.2, -0.15) is 5.10 Å². The molecular weight excluding hydrogens is 443 g/mol. The summed E-state index contributed by atoms with van der Waals surface area (Å²) in [4.78, 5) is 14.8. The number of carbonyl (C=O) groups is 1. The molecule has 1 saturated carbocycles. The molecule has 3 heterocycles. The average Bonchev–Trinajstić information content (AvgIpc) is 3.36. The lowest BCUT2D eigenvalue weighted by Gasteiger charge is -2.35. The zero-order chi connectivity index (χ0) is 24.8. The predicted molar refractivity (Wildman–Crippen MR) is 137 cm³/mol. The number of ether oxygens (including phenoxy) is 1. The van der Waals surface area contributed by atoms with Crippen LogP contribution in [-0.4, -0.2) is 71.4 Å². The number of methoxy groups -OCH3 is 1. The van der Waals surface area contributed by atoms with Gasteiger partial charge in [-0.25, -0.2) is 4.79 Å². The average molecular weight is 482 g/mol. The molecule has 9 heteroatoms. The third kappa shape index (κ3) is 4.82. The van der Waals surface area contributed by atoms with Gasteiger partial charge in [0.1, 0.15) is 0 Å². The number of piperidine rings is 1. The number of hydrogen-bond acceptors (Lipinski definition) is 5. The lowest BCUT2D eigenvalue weighted by Crippen LogP contribution is -2.49. The summed E-state index contributed by atoms with van der Waals surface area (Å²) >= 11 is 0. The van der Waals surface area contributed by atoms with E-state index in [0.29, 0.717) is 6.10 Å². The lowest BCUT2D eigenvalue weighted by atomic mass is 9.78. The zero-order valence-electron chi connectivity index (χ0n) is 21.8. The number of benzene rings is 1. The molecule has 2 saturated heterocycles. The van der Waals surface area contributed by atoms with Crippen molar-refractivity contribution in [2.45, 2.75) is 95.6 Å². The van der Waals surface area contributed by atoms with E-state index in [2.05, 4.69) is 55.9 Å². The van der Waals surface area contributed by atoms with Gasteiger partial charge in [-0.15, -0.1) is 0 Å². The Bertz CT molecular complexity index is 1040. The van der Waals surface area contributed by atoms with Gasteiger partial charge in [0.25, 0.3) is 0 Å². The van der Waals surface area contributed by atoms with Crippen molar-refractivity contribution in [1.29, 1.82) is 0 Å². The Labute approximate surface area is 208 Å². The van der Waals surface area contributed by atoms with Gasteiger partial charge in [-0.1, -0.05) is 12.1 Å². The molecule has 5 rings (SSSR count). The molecular formula is C26H39BN4O4. The third-order valence-electron chi connectivity index (χ3n) is 8.58. The van der Waals surface area contributed by atoms with Crippen LogP contribution in [0, 0.1) is 0 Å². The van der Waals surface area contributed by atoms with E-state index in [0.717, 1.165) is 68.0 Å². The minimum absolute atomic E-state index is 0.0710. The van der Waals surface area contributed by atoms with Crippen LogP contribution in [0.2, 0.25) is 0 Å². The summed E-state index contributed by atoms with van der Waals surface area (Å²) in [6, 6.07) is 6.96. The van der Waals surface area contributed by atoms with E-state index in [-0.39, 0.29) is 36.4 Å². The number of carbonyl (C=O) groups excluding carboxylic acids is 1. The topological polar surface area (TPSA) is 77.9 Å². The van der Waals surface area contributed by atoms with E-state index in [1.165, 1.54) is 0 Å². The van der Waals surface area contributed by atoms with Gasteiger partial charge in [0.2, 0.25) is 0 Å². The van der Waals surface area contributed by atoms with Crippen LogP contribution in [0.3, 0.4) is 0 Å². The summed E-state index contributed by atoms with van der Waals surface area (Å²) in [6.45, 7) is 9.78. The number of hydrogen-bond donors (Lipinski definition) is 1. The van der Waals surface area contributed by atoms with Crippen LogP contribution in [0.25, 0.3) is 10.9 Å². The molecule has 3 fully saturated rings. The van der Waals surface area contributed by atoms with Crippen molar-refractivity contribution in [2.75, 3.05) is 20.2 Å². The molecule has 35 heavy (non-hydrogen) atoms. The van der Waals surface area contributed by atoms with Crippen LogP contribution in [0.15, 0.2) is 24.4 Å². The number of fused-ring (bicyclic) bond motifs is 1. The van der Waals surface area contributed by atoms with Crippen LogP contribution < -0.4 is 10.8 Å². The van der Waals surface area contributed by atoms with Crippen molar-refractivity contribution in [2.24, 2.45) is 0 Å². The third-order valence-corrected chi connectivity index (χ3v) is 8.58. The predicted octanol–water partition coefficient (Wildman–Crippen LogP) is 3.64. The molecule has 1 N–H and O–H groups in total. The summed E-state index contributed by atoms with van der Waals surface area (Å²) in [5.74, 6) is 0. The number of nitrogens with one attached hydrogen (secondary N) is 1. The van der Waals surface area contributed by atoms with E-state index in [1.54, 1.807) is 7.11 Å². The maximum atomic E-state index is 12.8. The van der Waals surface area contributed by atoms with E-state index in [4.69, 9.17) is 19.1 Å². The molecule has 1 aliphatic carbocycles. The number of nitrogens with zero attached hydrogens (tertiary/aromatic N) is 3. The number of likely N-dealkylation sites (tertiary alicyclic amines) is 1. The van der Waals surface area contributed by atoms with Gasteiger partial charge in [-0.05, 0) is 77.7 Å². The van der Waals surface area contributed by atoms with Crippen molar-refractivity contribution in [3.63, 3.8) is 0 Å². The first-order chi connectivity index (χ1) is 16.7. The highest BCUT2D eigenvalue weighted by Gasteiger charge is 2.51. The Hall–Kier alpha value is -2.10. The standard InChI is InChI=1S/C26H39BN4O4/c1-25(2)26(3,4)35-27(34-25)19-6-11-23-18(16-19)17-28-31(23)21-12-14-30(15-13-21)24(32)29-20-7-9-22(33-5)10-8-20/h6,11,16-17,20-22H,7-10,12-15H2,1-5H3,(H,29,32). The van der Waals surface area contributed by atoms with Gasteiger partial charge >= 0.3 is 13.1 Å². The number of aromatic nitrogens is 2. The fourth-order valence-corrected chi connectivity index (χ4v) is 5.51. The van der Waals surface area contributed by atoms with E-state index in [9.17, 15) is 4.79 Å². The molecule has 0 spiro atoms. The number of amides is 2. The Balaban J connectivity index is 1.19. The van der Waals surface area contributed by atoms with Crippen LogP contribution >= 0.6 is 0 Å². The van der Waals surface area contributed by atoms with E-state index in [1.807, 2.05) is 11.1 Å². The molecule has 0 atom stereocenters. The summed E-state index contributed by atoms with van der Waals surface area (Å²) in [5, 5.41) is 9.06. The second-order valence-electron chi connectivity index (χ2n) is 11.4. The van der Waals surface area contributed by atoms with E-state index < -0.39 is 0 Å². The first kappa shape index (κ1) is 24.6. The molecule has 3 aliphatic rings. The molecule has 190 valence electrons. The minimum atomic E-state index is -0.376. The first-order valence-corrected chi connectivity index (χ1v) is 13.1. The maximum Gasteiger partial charge on any atom is 0.494 e. The lowest BCUT2D eigenvalue weighted by molar-refractivity contribution is 0.00578. The molecule has 0 unspecified atom stereocenters. The smallest absolute Gasteiger partial charge is 0.399 e. The van der Waals surface area contributed by atoms with Crippen molar-refractivity contribution < 1.29 is 18.8 Å². The SMILES string of the molecule is COC1CCC(NC(=O)N2CCC(n3ncc4cc(B5OC(C)(C)C(C)(C)O5)ccc43)CC2)CC1. The molecule has 1 aromatic carbocycles. The van der Waals surface area contributed by atoms with E-state index >= 15 is 0 Å². The van der Waals surface area contributed by atoms with Crippen molar-refractivity contribution in [3.05, 3.63) is 24.4 Å². The number of urea groups is 1. The van der Waals surface area contributed by atoms with Crippen molar-refractivity contribution in [3.8, 4) is 0 Å². The molecule has 2 amide bonds. The first-order valence-electron chi connectivity index (χ1n) is 13.1. The Kier molecular flexibility index (Phi) is 6.61. The molecule has 0 bridgehead atoms. The monoisotopic (exact) mass is 482 g/mol. The summed E-state index contributed by atoms with van der Waals surface area (Å²) in [6.07, 6.45) is 8.11. The highest BCUT2D eigenvalue weighted by molar-refractivity contribution is 6.62. The second-order valence-corrected chi connectivity index (χ2v) is 11.4. The van der Waals surface area contributed by atoms with Gasteiger partial charge in [0, 0.05) is 31.6 Å². The van der Waals surface area contributed by atoms with Crippen LogP contribution in [0.1, 0.15) is 72.3 Å². The van der Waals surface area contributed by atoms with Crippen molar-refractivity contribution >= 4 is 29.5 Å². The van der Waals surface area contributed by atoms with Crippen LogP contribution in [0.4, 0.5) is 4.79 Å². The molecule has 8 nitrogen and oxygen atoms in total. The van der Waals surface area contributed by atoms with Gasteiger partial charge in [0.15, 0.2) is 0 Å². The van der Waals surface area contributed by atoms with Gasteiger partial charge in [0.05, 0.1) is 35.1 Å². The Morgan fingerprint density at radius 2 is 1.71 bits per heavy atom. The molecule has 0 radical (unpaired) electrons. The highest BCUT2D eigenvalue weighted by Crippen LogP contribution is 2.36. The minimum Gasteiger partial charge on any atom is -0.399 e. The van der Waals surface area contributed by atoms with Crippen molar-refractivity contribution in [1.82, 2.24) is 20.0 Å². The zero-order valence-corrected chi connectivity index (χ0v) is 21.8.